The summed E-state index contributed by atoms with van der Waals surface area (Å²) in [5.74, 6) is 1.66. The predicted molar refractivity (Wildman–Crippen MR) is 74.2 cm³/mol. The van der Waals surface area contributed by atoms with E-state index in [1.165, 1.54) is 0 Å². The van der Waals surface area contributed by atoms with E-state index < -0.39 is 6.10 Å². The van der Waals surface area contributed by atoms with Crippen molar-refractivity contribution in [3.05, 3.63) is 54.2 Å². The second-order valence-corrected chi connectivity index (χ2v) is 4.44. The lowest BCUT2D eigenvalue weighted by Gasteiger charge is -2.10. The first-order valence-corrected chi connectivity index (χ1v) is 6.32. The summed E-state index contributed by atoms with van der Waals surface area (Å²) < 4.78 is 5.48. The van der Waals surface area contributed by atoms with Crippen LogP contribution in [0.4, 0.5) is 5.82 Å². The molecule has 0 aliphatic heterocycles. The van der Waals surface area contributed by atoms with Crippen LogP contribution in [0.15, 0.2) is 48.7 Å². The second kappa shape index (κ2) is 6.75. The van der Waals surface area contributed by atoms with Crippen LogP contribution in [0.1, 0.15) is 5.56 Å². The van der Waals surface area contributed by atoms with Crippen LogP contribution in [-0.4, -0.2) is 24.4 Å². The molecule has 0 spiro atoms. The first-order valence-electron chi connectivity index (χ1n) is 6.32. The highest BCUT2D eigenvalue weighted by Crippen LogP contribution is 2.08. The number of ether oxygens (including phenoxy) is 1. The molecule has 100 valence electrons. The average molecular weight is 259 g/mol. The number of nitrogens with one attached hydrogen (secondary N) is 2. The smallest absolute Gasteiger partial charge is 0.272 e. The lowest BCUT2D eigenvalue weighted by Crippen LogP contribution is -2.28. The molecule has 0 saturated carbocycles. The predicted octanol–water partition coefficient (Wildman–Crippen LogP) is 1.66. The zero-order valence-corrected chi connectivity index (χ0v) is 11.0. The van der Waals surface area contributed by atoms with Crippen molar-refractivity contribution in [2.75, 3.05) is 18.5 Å². The molecule has 0 radical (unpaired) electrons. The van der Waals surface area contributed by atoms with E-state index in [1.54, 1.807) is 0 Å². The van der Waals surface area contributed by atoms with Crippen molar-refractivity contribution >= 4 is 5.82 Å². The Balaban J connectivity index is 1.74. The van der Waals surface area contributed by atoms with E-state index in [2.05, 4.69) is 10.3 Å². The molecule has 1 heterocycles. The molecule has 2 aromatic rings. The monoisotopic (exact) mass is 259 g/mol. The molecule has 0 unspecified atom stereocenters. The van der Waals surface area contributed by atoms with Crippen molar-refractivity contribution in [1.29, 1.82) is 0 Å². The maximum atomic E-state index is 9.84. The van der Waals surface area contributed by atoms with Crippen molar-refractivity contribution in [3.8, 4) is 5.75 Å². The van der Waals surface area contributed by atoms with Crippen LogP contribution in [0.25, 0.3) is 0 Å². The summed E-state index contributed by atoms with van der Waals surface area (Å²) >= 11 is 0. The molecule has 1 aromatic carbocycles. The topological polar surface area (TPSA) is 55.6 Å². The second-order valence-electron chi connectivity index (χ2n) is 4.44. The van der Waals surface area contributed by atoms with Gasteiger partial charge in [0.25, 0.3) is 5.82 Å². The Morgan fingerprint density at radius 1 is 1.26 bits per heavy atom. The molecule has 4 nitrogen and oxygen atoms in total. The summed E-state index contributed by atoms with van der Waals surface area (Å²) in [6, 6.07) is 13.5. The van der Waals surface area contributed by atoms with Gasteiger partial charge in [-0.2, -0.15) is 0 Å². The Morgan fingerprint density at radius 2 is 2.05 bits per heavy atom. The lowest BCUT2D eigenvalue weighted by atomic mass is 10.3. The summed E-state index contributed by atoms with van der Waals surface area (Å²) in [6.45, 7) is 2.73. The van der Waals surface area contributed by atoms with E-state index in [1.807, 2.05) is 55.6 Å². The Bertz CT molecular complexity index is 503. The average Bonchev–Trinajstić information content (AvgIpc) is 2.44. The minimum absolute atomic E-state index is 0.267. The lowest BCUT2D eigenvalue weighted by molar-refractivity contribution is -0.361. The standard InChI is InChI=1S/C15H18N2O2/c1-12-7-8-16-15(9-12)17-10-13(18)11-19-14-5-3-2-4-6-14/h2-9,13,18H,10-11H2,1H3,(H,16,17)/p+1/t13-/m1/s1. The minimum atomic E-state index is -0.561. The van der Waals surface area contributed by atoms with E-state index in [4.69, 9.17) is 4.74 Å². The zero-order chi connectivity index (χ0) is 13.5. The Morgan fingerprint density at radius 3 is 2.79 bits per heavy atom. The molecule has 4 heteroatoms. The van der Waals surface area contributed by atoms with Crippen LogP contribution < -0.4 is 15.0 Å². The Labute approximate surface area is 113 Å². The molecular weight excluding hydrogens is 240 g/mol. The molecule has 0 bridgehead atoms. The Kier molecular flexibility index (Phi) is 4.75. The van der Waals surface area contributed by atoms with Gasteiger partial charge in [0.15, 0.2) is 0 Å². The molecule has 0 aliphatic rings. The van der Waals surface area contributed by atoms with Crippen LogP contribution >= 0.6 is 0 Å². The van der Waals surface area contributed by atoms with Gasteiger partial charge in [0.1, 0.15) is 25.0 Å². The fourth-order valence-electron chi connectivity index (χ4n) is 1.68. The number of hydrogen-bond acceptors (Lipinski definition) is 3. The highest BCUT2D eigenvalue weighted by Gasteiger charge is 2.09. The number of pyridine rings is 1. The van der Waals surface area contributed by atoms with Crippen molar-refractivity contribution in [2.24, 2.45) is 0 Å². The van der Waals surface area contributed by atoms with Gasteiger partial charge in [0, 0.05) is 6.07 Å². The number of hydrogen-bond donors (Lipinski definition) is 2. The van der Waals surface area contributed by atoms with Gasteiger partial charge in [-0.05, 0) is 30.7 Å². The van der Waals surface area contributed by atoms with Gasteiger partial charge in [-0.3, -0.25) is 5.32 Å². The fraction of sp³-hybridized carbons (Fsp3) is 0.267. The number of aromatic amines is 1. The number of anilines is 1. The van der Waals surface area contributed by atoms with E-state index in [0.29, 0.717) is 6.54 Å². The van der Waals surface area contributed by atoms with Crippen LogP contribution in [-0.2, 0) is 0 Å². The molecule has 1 atom stereocenters. The highest BCUT2D eigenvalue weighted by atomic mass is 16.5. The van der Waals surface area contributed by atoms with Gasteiger partial charge >= 0.3 is 0 Å². The molecule has 19 heavy (non-hydrogen) atoms. The third-order valence-electron chi connectivity index (χ3n) is 2.67. The van der Waals surface area contributed by atoms with Crippen LogP contribution in [0.5, 0.6) is 5.75 Å². The molecule has 1 aromatic heterocycles. The normalized spacial score (nSPS) is 11.9. The van der Waals surface area contributed by atoms with Crippen LogP contribution in [0.3, 0.4) is 0 Å². The van der Waals surface area contributed by atoms with Gasteiger partial charge in [0.2, 0.25) is 0 Å². The van der Waals surface area contributed by atoms with Gasteiger partial charge < -0.3 is 9.84 Å². The summed E-state index contributed by atoms with van der Waals surface area (Å²) in [5.41, 5.74) is 1.16. The maximum Gasteiger partial charge on any atom is 0.272 e. The Hall–Kier alpha value is -2.07. The first kappa shape index (κ1) is 13.4. The third-order valence-corrected chi connectivity index (χ3v) is 2.67. The molecule has 0 amide bonds. The minimum Gasteiger partial charge on any atom is -0.491 e. The largest absolute Gasteiger partial charge is 0.491 e. The van der Waals surface area contributed by atoms with Gasteiger partial charge in [-0.1, -0.05) is 18.2 Å². The van der Waals surface area contributed by atoms with Crippen molar-refractivity contribution < 1.29 is 14.8 Å². The zero-order valence-electron chi connectivity index (χ0n) is 11.0. The van der Waals surface area contributed by atoms with E-state index >= 15 is 0 Å². The van der Waals surface area contributed by atoms with Crippen molar-refractivity contribution in [3.63, 3.8) is 0 Å². The van der Waals surface area contributed by atoms with Crippen molar-refractivity contribution in [1.82, 2.24) is 0 Å². The van der Waals surface area contributed by atoms with Crippen LogP contribution in [0.2, 0.25) is 0 Å². The number of para-hydroxylation sites is 1. The molecule has 3 N–H and O–H groups in total. The molecule has 2 rings (SSSR count). The number of benzene rings is 1. The number of aryl methyl sites for hydroxylation is 1. The summed E-state index contributed by atoms with van der Waals surface area (Å²) in [6.07, 6.45) is 1.30. The summed E-state index contributed by atoms with van der Waals surface area (Å²) in [5, 5.41) is 13.0. The van der Waals surface area contributed by atoms with Crippen LogP contribution in [0, 0.1) is 6.92 Å². The molecule has 0 fully saturated rings. The quantitative estimate of drug-likeness (QED) is 0.829. The fourth-order valence-corrected chi connectivity index (χ4v) is 1.68. The molecule has 0 saturated heterocycles. The van der Waals surface area contributed by atoms with Gasteiger partial charge in [-0.15, -0.1) is 0 Å². The first-order chi connectivity index (χ1) is 9.24. The maximum absolute atomic E-state index is 9.84. The number of aliphatic hydroxyl groups is 1. The van der Waals surface area contributed by atoms with E-state index in [0.717, 1.165) is 17.1 Å². The number of rotatable bonds is 6. The molecular formula is C15H19N2O2+. The van der Waals surface area contributed by atoms with E-state index in [9.17, 15) is 5.11 Å². The SMILES string of the molecule is Cc1cc[nH+]c(NC[C@@H](O)COc2ccccc2)c1. The number of aliphatic hydroxyl groups excluding tert-OH is 1. The third kappa shape index (κ3) is 4.60. The van der Waals surface area contributed by atoms with Crippen molar-refractivity contribution in [2.45, 2.75) is 13.0 Å². The van der Waals surface area contributed by atoms with Gasteiger partial charge in [0.05, 0.1) is 6.20 Å². The van der Waals surface area contributed by atoms with E-state index in [-0.39, 0.29) is 6.61 Å². The summed E-state index contributed by atoms with van der Waals surface area (Å²) in [7, 11) is 0. The number of aromatic nitrogens is 1. The molecule has 0 aliphatic carbocycles. The van der Waals surface area contributed by atoms with Gasteiger partial charge in [-0.25, -0.2) is 4.98 Å². The summed E-state index contributed by atoms with van der Waals surface area (Å²) in [4.78, 5) is 3.08. The number of H-pyrrole nitrogens is 1. The highest BCUT2D eigenvalue weighted by molar-refractivity contribution is 5.31.